The standard InChI is InChI=1S/C24H30F2O5S.Na.H/c1-5-19(29)31-24(20(30)32)12(2)8-14-15-10-17(25)16-9-13(27)6-7-21(16,3)23(15,26)18(28)11-22(14,24)4;;/h6-7,9,12,14-15,17-18,28H,5,8,10-11H2,1-4H3,(H,30,32);;/t12-,14+,15+,17+,18+,21+,22+,23+,24+;;/m1../s1. The summed E-state index contributed by atoms with van der Waals surface area (Å²) in [5, 5.41) is 10.7. The van der Waals surface area contributed by atoms with Gasteiger partial charge in [0.1, 0.15) is 6.17 Å². The van der Waals surface area contributed by atoms with E-state index >= 15 is 8.78 Å². The predicted molar refractivity (Wildman–Crippen MR) is 123 cm³/mol. The van der Waals surface area contributed by atoms with Crippen molar-refractivity contribution in [1.82, 2.24) is 0 Å². The number of aliphatic hydroxyl groups excluding tert-OH is 1. The van der Waals surface area contributed by atoms with Gasteiger partial charge in [0.2, 0.25) is 5.12 Å². The number of hydrogen-bond acceptors (Lipinski definition) is 5. The molecule has 1 N–H and O–H groups in total. The van der Waals surface area contributed by atoms with Gasteiger partial charge in [-0.2, -0.15) is 0 Å². The van der Waals surface area contributed by atoms with Crippen LogP contribution in [0.5, 0.6) is 0 Å². The van der Waals surface area contributed by atoms with Crippen LogP contribution >= 0.6 is 12.6 Å². The number of allylic oxidation sites excluding steroid dienone is 4. The first-order valence-electron chi connectivity index (χ1n) is 11.2. The molecule has 0 spiro atoms. The number of hydrogen-bond donors (Lipinski definition) is 2. The summed E-state index contributed by atoms with van der Waals surface area (Å²) >= 11 is 4.09. The van der Waals surface area contributed by atoms with Crippen molar-refractivity contribution in [3.8, 4) is 0 Å². The Labute approximate surface area is 220 Å². The van der Waals surface area contributed by atoms with E-state index in [1.165, 1.54) is 19.1 Å². The molecule has 9 atom stereocenters. The van der Waals surface area contributed by atoms with Gasteiger partial charge < -0.3 is 9.84 Å². The summed E-state index contributed by atoms with van der Waals surface area (Å²) < 4.78 is 38.3. The first-order valence-corrected chi connectivity index (χ1v) is 11.7. The number of esters is 1. The fourth-order valence-electron chi connectivity index (χ4n) is 7.49. The Morgan fingerprint density at radius 1 is 1.27 bits per heavy atom. The van der Waals surface area contributed by atoms with Gasteiger partial charge in [-0.15, -0.1) is 12.6 Å². The summed E-state index contributed by atoms with van der Waals surface area (Å²) in [6, 6.07) is 0. The molecule has 0 radical (unpaired) electrons. The van der Waals surface area contributed by atoms with E-state index in [1.54, 1.807) is 20.8 Å². The van der Waals surface area contributed by atoms with Crippen LogP contribution in [0.25, 0.3) is 0 Å². The Morgan fingerprint density at radius 3 is 2.48 bits per heavy atom. The van der Waals surface area contributed by atoms with E-state index in [0.29, 0.717) is 6.42 Å². The second kappa shape index (κ2) is 8.54. The monoisotopic (exact) mass is 492 g/mol. The molecule has 0 aromatic rings. The molecular formula is C24H31F2NaO5S. The van der Waals surface area contributed by atoms with Crippen LogP contribution in [0, 0.1) is 28.6 Å². The third-order valence-electron chi connectivity index (χ3n) is 9.05. The van der Waals surface area contributed by atoms with Gasteiger partial charge in [0.05, 0.1) is 6.10 Å². The van der Waals surface area contributed by atoms with Gasteiger partial charge in [0.15, 0.2) is 17.1 Å². The van der Waals surface area contributed by atoms with Crippen molar-refractivity contribution in [3.63, 3.8) is 0 Å². The summed E-state index contributed by atoms with van der Waals surface area (Å²) in [7, 11) is 0. The summed E-state index contributed by atoms with van der Waals surface area (Å²) in [4.78, 5) is 37.2. The first kappa shape index (κ1) is 27.1. The van der Waals surface area contributed by atoms with Crippen molar-refractivity contribution in [2.45, 2.75) is 76.9 Å². The molecule has 0 saturated heterocycles. The molecule has 0 aromatic carbocycles. The Kier molecular flexibility index (Phi) is 7.00. The Bertz CT molecular complexity index is 955. The van der Waals surface area contributed by atoms with Crippen LogP contribution < -0.4 is 0 Å². The average molecular weight is 493 g/mol. The van der Waals surface area contributed by atoms with Crippen LogP contribution in [-0.2, 0) is 19.1 Å². The molecule has 0 unspecified atom stereocenters. The van der Waals surface area contributed by atoms with Gasteiger partial charge in [-0.1, -0.05) is 26.8 Å². The number of carbonyl (C=O) groups is 3. The molecule has 9 heteroatoms. The Morgan fingerprint density at radius 2 is 1.91 bits per heavy atom. The molecule has 5 nitrogen and oxygen atoms in total. The topological polar surface area (TPSA) is 80.7 Å². The minimum atomic E-state index is -2.24. The first-order chi connectivity index (χ1) is 14.8. The van der Waals surface area contributed by atoms with Crippen molar-refractivity contribution in [2.24, 2.45) is 28.6 Å². The van der Waals surface area contributed by atoms with Crippen LogP contribution in [0.15, 0.2) is 23.8 Å². The van der Waals surface area contributed by atoms with Crippen molar-refractivity contribution < 1.29 is 33.0 Å². The van der Waals surface area contributed by atoms with Crippen molar-refractivity contribution in [3.05, 3.63) is 23.8 Å². The van der Waals surface area contributed by atoms with E-state index < -0.39 is 69.0 Å². The SMILES string of the molecule is CCC(=O)O[C@]1(C(=O)S)[C@H](C)C[C@H]2[C@@H]3C[C@H](F)C4=CC(=O)C=C[C@]4(C)[C@@]3(F)[C@@H](O)C[C@@]21C.[NaH]. The van der Waals surface area contributed by atoms with Crippen LogP contribution in [-0.4, -0.2) is 75.1 Å². The van der Waals surface area contributed by atoms with E-state index in [9.17, 15) is 19.5 Å². The number of thiol groups is 1. The van der Waals surface area contributed by atoms with E-state index in [-0.39, 0.29) is 54.4 Å². The third-order valence-corrected chi connectivity index (χ3v) is 9.38. The quantitative estimate of drug-likeness (QED) is 0.360. The third kappa shape index (κ3) is 3.26. The van der Waals surface area contributed by atoms with Gasteiger partial charge in [-0.05, 0) is 49.8 Å². The molecule has 33 heavy (non-hydrogen) atoms. The minimum absolute atomic E-state index is 0. The van der Waals surface area contributed by atoms with Crippen molar-refractivity contribution >= 4 is 59.1 Å². The van der Waals surface area contributed by atoms with Gasteiger partial charge in [0, 0.05) is 29.1 Å². The Hall–Kier alpha value is -0.540. The molecule has 4 aliphatic rings. The number of fused-ring (bicyclic) bond motifs is 5. The van der Waals surface area contributed by atoms with Crippen LogP contribution in [0.3, 0.4) is 0 Å². The summed E-state index contributed by atoms with van der Waals surface area (Å²) in [5.41, 5.74) is -6.46. The predicted octanol–water partition coefficient (Wildman–Crippen LogP) is 3.05. The summed E-state index contributed by atoms with van der Waals surface area (Å²) in [6.45, 7) is 6.62. The van der Waals surface area contributed by atoms with E-state index in [2.05, 4.69) is 12.6 Å². The number of rotatable bonds is 3. The maximum atomic E-state index is 17.1. The molecular weight excluding hydrogens is 461 g/mol. The van der Waals surface area contributed by atoms with Crippen LogP contribution in [0.2, 0.25) is 0 Å². The van der Waals surface area contributed by atoms with Gasteiger partial charge in [-0.3, -0.25) is 14.4 Å². The van der Waals surface area contributed by atoms with Crippen molar-refractivity contribution in [1.29, 1.82) is 0 Å². The zero-order valence-electron chi connectivity index (χ0n) is 18.7. The van der Waals surface area contributed by atoms with E-state index in [0.717, 1.165) is 6.08 Å². The number of halogens is 2. The maximum absolute atomic E-state index is 17.1. The second-order valence-electron chi connectivity index (χ2n) is 10.4. The van der Waals surface area contributed by atoms with Crippen molar-refractivity contribution in [2.75, 3.05) is 0 Å². The molecule has 3 fully saturated rings. The normalized spacial score (nSPS) is 48.1. The summed E-state index contributed by atoms with van der Waals surface area (Å²) in [6.07, 6.45) is 0.619. The Balaban J connectivity index is 0.00000306. The molecule has 4 aliphatic carbocycles. The molecule has 0 aromatic heterocycles. The fourth-order valence-corrected chi connectivity index (χ4v) is 8.01. The molecule has 178 valence electrons. The molecule has 0 heterocycles. The second-order valence-corrected chi connectivity index (χ2v) is 10.8. The molecule has 4 rings (SSSR count). The number of aliphatic hydroxyl groups is 1. The van der Waals surface area contributed by atoms with E-state index in [1.807, 2.05) is 0 Å². The van der Waals surface area contributed by atoms with Crippen LogP contribution in [0.4, 0.5) is 8.78 Å². The molecule has 0 bridgehead atoms. The van der Waals surface area contributed by atoms with Crippen LogP contribution in [0.1, 0.15) is 53.4 Å². The molecule has 3 saturated carbocycles. The summed E-state index contributed by atoms with van der Waals surface area (Å²) in [5.74, 6) is -2.94. The fraction of sp³-hybridized carbons (Fsp3) is 0.708. The number of ketones is 1. The van der Waals surface area contributed by atoms with Gasteiger partial charge in [-0.25, -0.2) is 8.78 Å². The average Bonchev–Trinajstić information content (AvgIpc) is 2.93. The zero-order valence-corrected chi connectivity index (χ0v) is 19.6. The zero-order chi connectivity index (χ0) is 23.9. The number of carbonyl (C=O) groups excluding carboxylic acids is 3. The number of alkyl halides is 2. The molecule has 0 aliphatic heterocycles. The van der Waals surface area contributed by atoms with Gasteiger partial charge >= 0.3 is 35.5 Å². The molecule has 0 amide bonds. The van der Waals surface area contributed by atoms with E-state index in [4.69, 9.17) is 4.74 Å². The van der Waals surface area contributed by atoms with Gasteiger partial charge in [0.25, 0.3) is 0 Å². The number of ether oxygens (including phenoxy) is 1.